The maximum absolute atomic E-state index is 11.3. The molecule has 0 aliphatic heterocycles. The number of rotatable bonds is 3. The Morgan fingerprint density at radius 3 is 2.80 bits per heavy atom. The summed E-state index contributed by atoms with van der Waals surface area (Å²) in [6, 6.07) is 5.65. The number of Topliss-reactive ketones (excluding diaryl/α,β-unsaturated/α-hetero) is 1. The smallest absolute Gasteiger partial charge is 0.176 e. The van der Waals surface area contributed by atoms with Gasteiger partial charge in [-0.15, -0.1) is 0 Å². The van der Waals surface area contributed by atoms with Crippen molar-refractivity contribution in [2.24, 2.45) is 7.05 Å². The van der Waals surface area contributed by atoms with E-state index in [1.807, 2.05) is 42.2 Å². The third-order valence-corrected chi connectivity index (χ3v) is 2.29. The molecule has 2 aromatic rings. The van der Waals surface area contributed by atoms with Gasteiger partial charge in [0.05, 0.1) is 17.9 Å². The summed E-state index contributed by atoms with van der Waals surface area (Å²) in [4.78, 5) is 11.3. The Bertz CT molecular complexity index is 481. The molecule has 2 rings (SSSR count). The Morgan fingerprint density at radius 1 is 1.40 bits per heavy atom. The van der Waals surface area contributed by atoms with Crippen LogP contribution >= 0.6 is 0 Å². The Kier molecular flexibility index (Phi) is 2.41. The van der Waals surface area contributed by atoms with Crippen molar-refractivity contribution in [3.8, 4) is 0 Å². The van der Waals surface area contributed by atoms with Gasteiger partial charge in [-0.2, -0.15) is 5.10 Å². The average molecular weight is 203 g/mol. The van der Waals surface area contributed by atoms with Gasteiger partial charge in [0.15, 0.2) is 5.78 Å². The molecule has 0 N–H and O–H groups in total. The van der Waals surface area contributed by atoms with E-state index in [-0.39, 0.29) is 5.78 Å². The largest absolute Gasteiger partial charge is 0.339 e. The maximum Gasteiger partial charge on any atom is 0.176 e. The molecule has 15 heavy (non-hydrogen) atoms. The molecular formula is C11H13N3O. The summed E-state index contributed by atoms with van der Waals surface area (Å²) in [5.74, 6) is 0.0796. The van der Waals surface area contributed by atoms with E-state index in [2.05, 4.69) is 5.10 Å². The number of carbonyl (C=O) groups is 1. The van der Waals surface area contributed by atoms with E-state index in [9.17, 15) is 4.79 Å². The molecule has 0 saturated carbocycles. The van der Waals surface area contributed by atoms with Crippen molar-refractivity contribution in [3.63, 3.8) is 0 Å². The van der Waals surface area contributed by atoms with Gasteiger partial charge in [-0.1, -0.05) is 0 Å². The zero-order chi connectivity index (χ0) is 10.8. The lowest BCUT2D eigenvalue weighted by molar-refractivity contribution is 0.100. The molecule has 0 unspecified atom stereocenters. The van der Waals surface area contributed by atoms with Crippen molar-refractivity contribution in [1.82, 2.24) is 14.3 Å². The third kappa shape index (κ3) is 1.98. The number of hydrogen-bond acceptors (Lipinski definition) is 2. The minimum atomic E-state index is 0.0796. The zero-order valence-electron chi connectivity index (χ0n) is 8.84. The fourth-order valence-corrected chi connectivity index (χ4v) is 1.59. The van der Waals surface area contributed by atoms with E-state index in [1.165, 1.54) is 0 Å². The summed E-state index contributed by atoms with van der Waals surface area (Å²) in [7, 11) is 1.88. The number of aryl methyl sites for hydroxylation is 1. The van der Waals surface area contributed by atoms with Crippen molar-refractivity contribution >= 4 is 5.78 Å². The summed E-state index contributed by atoms with van der Waals surface area (Å²) in [5.41, 5.74) is 1.68. The van der Waals surface area contributed by atoms with Crippen molar-refractivity contribution in [3.05, 3.63) is 42.0 Å². The number of nitrogens with zero attached hydrogens (tertiary/aromatic N) is 3. The molecule has 0 aliphatic rings. The molecule has 2 aromatic heterocycles. The first-order chi connectivity index (χ1) is 7.16. The summed E-state index contributed by atoms with van der Waals surface area (Å²) in [5, 5.41) is 4.27. The standard InChI is InChI=1S/C11H13N3O/c1-9(15)11-4-3-6-14(11)8-10-5-7-13(2)12-10/h3-7H,8H2,1-2H3. The highest BCUT2D eigenvalue weighted by atomic mass is 16.1. The van der Waals surface area contributed by atoms with Gasteiger partial charge in [0, 0.05) is 26.4 Å². The normalized spacial score (nSPS) is 10.5. The molecule has 0 aliphatic carbocycles. The van der Waals surface area contributed by atoms with Crippen molar-refractivity contribution in [2.75, 3.05) is 0 Å². The number of carbonyl (C=O) groups excluding carboxylic acids is 1. The molecule has 0 atom stereocenters. The van der Waals surface area contributed by atoms with E-state index in [0.717, 1.165) is 11.4 Å². The van der Waals surface area contributed by atoms with Crippen LogP contribution in [-0.4, -0.2) is 20.1 Å². The van der Waals surface area contributed by atoms with Gasteiger partial charge in [0.25, 0.3) is 0 Å². The Hall–Kier alpha value is -1.84. The Balaban J connectivity index is 2.24. The Morgan fingerprint density at radius 2 is 2.20 bits per heavy atom. The SMILES string of the molecule is CC(=O)c1cccn1Cc1ccn(C)n1. The summed E-state index contributed by atoms with van der Waals surface area (Å²) >= 11 is 0. The van der Waals surface area contributed by atoms with E-state index < -0.39 is 0 Å². The fraction of sp³-hybridized carbons (Fsp3) is 0.273. The highest BCUT2D eigenvalue weighted by Gasteiger charge is 2.06. The number of ketones is 1. The molecule has 4 heteroatoms. The topological polar surface area (TPSA) is 39.8 Å². The first-order valence-corrected chi connectivity index (χ1v) is 4.81. The van der Waals surface area contributed by atoms with Gasteiger partial charge in [0.1, 0.15) is 0 Å². The van der Waals surface area contributed by atoms with Gasteiger partial charge < -0.3 is 4.57 Å². The molecule has 0 amide bonds. The van der Waals surface area contributed by atoms with Crippen LogP contribution in [0.4, 0.5) is 0 Å². The lowest BCUT2D eigenvalue weighted by Gasteiger charge is -2.03. The molecule has 2 heterocycles. The second kappa shape index (κ2) is 3.73. The molecule has 0 spiro atoms. The van der Waals surface area contributed by atoms with Gasteiger partial charge in [-0.05, 0) is 18.2 Å². The van der Waals surface area contributed by atoms with Crippen LogP contribution in [0, 0.1) is 0 Å². The molecule has 0 bridgehead atoms. The molecule has 4 nitrogen and oxygen atoms in total. The van der Waals surface area contributed by atoms with Crippen molar-refractivity contribution in [1.29, 1.82) is 0 Å². The summed E-state index contributed by atoms with van der Waals surface area (Å²) < 4.78 is 3.66. The van der Waals surface area contributed by atoms with Crippen LogP contribution in [0.5, 0.6) is 0 Å². The molecule has 0 radical (unpaired) electrons. The quantitative estimate of drug-likeness (QED) is 0.709. The molecule has 78 valence electrons. The predicted molar refractivity (Wildman–Crippen MR) is 56.7 cm³/mol. The molecule has 0 fully saturated rings. The lowest BCUT2D eigenvalue weighted by Crippen LogP contribution is -2.07. The zero-order valence-corrected chi connectivity index (χ0v) is 8.84. The first kappa shape index (κ1) is 9.71. The lowest BCUT2D eigenvalue weighted by atomic mass is 10.3. The monoisotopic (exact) mass is 203 g/mol. The van der Waals surface area contributed by atoms with E-state index in [0.29, 0.717) is 6.54 Å². The number of aromatic nitrogens is 3. The summed E-state index contributed by atoms with van der Waals surface area (Å²) in [6.07, 6.45) is 3.79. The van der Waals surface area contributed by atoms with Crippen molar-refractivity contribution in [2.45, 2.75) is 13.5 Å². The summed E-state index contributed by atoms with van der Waals surface area (Å²) in [6.45, 7) is 2.22. The van der Waals surface area contributed by atoms with Gasteiger partial charge in [0.2, 0.25) is 0 Å². The van der Waals surface area contributed by atoms with Gasteiger partial charge in [-0.25, -0.2) is 0 Å². The highest BCUT2D eigenvalue weighted by Crippen LogP contribution is 2.06. The second-order valence-electron chi connectivity index (χ2n) is 3.56. The average Bonchev–Trinajstić information content (AvgIpc) is 2.75. The molecule has 0 saturated heterocycles. The Labute approximate surface area is 88.1 Å². The minimum Gasteiger partial charge on any atom is -0.339 e. The molecular weight excluding hydrogens is 190 g/mol. The highest BCUT2D eigenvalue weighted by molar-refractivity contribution is 5.92. The van der Waals surface area contributed by atoms with Gasteiger partial charge in [-0.3, -0.25) is 9.48 Å². The van der Waals surface area contributed by atoms with Crippen molar-refractivity contribution < 1.29 is 4.79 Å². The third-order valence-electron chi connectivity index (χ3n) is 2.29. The van der Waals surface area contributed by atoms with Crippen LogP contribution in [0.2, 0.25) is 0 Å². The van der Waals surface area contributed by atoms with E-state index >= 15 is 0 Å². The number of hydrogen-bond donors (Lipinski definition) is 0. The fourth-order valence-electron chi connectivity index (χ4n) is 1.59. The van der Waals surface area contributed by atoms with Crippen LogP contribution in [0.25, 0.3) is 0 Å². The van der Waals surface area contributed by atoms with E-state index in [4.69, 9.17) is 0 Å². The van der Waals surface area contributed by atoms with Crippen LogP contribution in [0.15, 0.2) is 30.6 Å². The van der Waals surface area contributed by atoms with Crippen LogP contribution < -0.4 is 0 Å². The molecule has 0 aromatic carbocycles. The first-order valence-electron chi connectivity index (χ1n) is 4.81. The minimum absolute atomic E-state index is 0.0796. The predicted octanol–water partition coefficient (Wildman–Crippen LogP) is 1.47. The van der Waals surface area contributed by atoms with Crippen LogP contribution in [0.3, 0.4) is 0 Å². The van der Waals surface area contributed by atoms with Gasteiger partial charge >= 0.3 is 0 Å². The van der Waals surface area contributed by atoms with E-state index in [1.54, 1.807) is 11.6 Å². The van der Waals surface area contributed by atoms with Crippen LogP contribution in [-0.2, 0) is 13.6 Å². The maximum atomic E-state index is 11.3. The second-order valence-corrected chi connectivity index (χ2v) is 3.56. The van der Waals surface area contributed by atoms with Crippen LogP contribution in [0.1, 0.15) is 23.1 Å².